The Hall–Kier alpha value is -1.39. The Labute approximate surface area is 134 Å². The van der Waals surface area contributed by atoms with Gasteiger partial charge >= 0.3 is 0 Å². The molecule has 0 saturated heterocycles. The zero-order valence-corrected chi connectivity index (χ0v) is 14.1. The van der Waals surface area contributed by atoms with Crippen molar-refractivity contribution in [2.24, 2.45) is 0 Å². The van der Waals surface area contributed by atoms with Crippen molar-refractivity contribution in [2.45, 2.75) is 26.3 Å². The van der Waals surface area contributed by atoms with Crippen molar-refractivity contribution in [3.8, 4) is 5.75 Å². The first kappa shape index (κ1) is 16.0. The first-order valence-corrected chi connectivity index (χ1v) is 8.07. The highest BCUT2D eigenvalue weighted by atomic mass is 79.9. The van der Waals surface area contributed by atoms with Gasteiger partial charge in [0.05, 0.1) is 12.8 Å². The Bertz CT molecular complexity index is 574. The minimum atomic E-state index is 0.234. The number of nitrogens with zero attached hydrogens (tertiary/aromatic N) is 1. The predicted molar refractivity (Wildman–Crippen MR) is 89.7 cm³/mol. The number of ether oxygens (including phenoxy) is 1. The molecule has 0 aliphatic rings. The number of halogens is 1. The van der Waals surface area contributed by atoms with Gasteiger partial charge in [-0.1, -0.05) is 35.0 Å². The van der Waals surface area contributed by atoms with Crippen molar-refractivity contribution >= 4 is 15.9 Å². The maximum Gasteiger partial charge on any atom is 0.137 e. The second-order valence-corrected chi connectivity index (χ2v) is 5.75. The van der Waals surface area contributed by atoms with Gasteiger partial charge in [0.15, 0.2) is 0 Å². The fraction of sp³-hybridized carbons (Fsp3) is 0.353. The molecular weight excluding hydrogens is 328 g/mol. The minimum Gasteiger partial charge on any atom is -0.492 e. The van der Waals surface area contributed by atoms with E-state index in [4.69, 9.17) is 4.74 Å². The van der Waals surface area contributed by atoms with Gasteiger partial charge in [-0.25, -0.2) is 0 Å². The number of nitrogens with one attached hydrogen (secondary N) is 1. The summed E-state index contributed by atoms with van der Waals surface area (Å²) in [6.07, 6.45) is 4.59. The molecule has 0 radical (unpaired) electrons. The van der Waals surface area contributed by atoms with Gasteiger partial charge in [-0.05, 0) is 49.2 Å². The van der Waals surface area contributed by atoms with Crippen LogP contribution in [0.15, 0.2) is 47.2 Å². The van der Waals surface area contributed by atoms with E-state index in [9.17, 15) is 0 Å². The van der Waals surface area contributed by atoms with Crippen LogP contribution >= 0.6 is 15.9 Å². The molecule has 0 amide bonds. The third-order valence-electron chi connectivity index (χ3n) is 3.23. The largest absolute Gasteiger partial charge is 0.492 e. The standard InChI is InChI=1S/C17H21BrN2O/c1-3-20-17(9-13-6-5-7-15(18)8-13)14-10-16(21-4-2)12-19-11-14/h5-8,10-12,17,20H,3-4,9H2,1-2H3. The van der Waals surface area contributed by atoms with E-state index in [1.165, 1.54) is 5.56 Å². The summed E-state index contributed by atoms with van der Waals surface area (Å²) in [6.45, 7) is 5.67. The summed E-state index contributed by atoms with van der Waals surface area (Å²) in [5.41, 5.74) is 2.44. The van der Waals surface area contributed by atoms with Crippen LogP contribution in [0.4, 0.5) is 0 Å². The molecule has 21 heavy (non-hydrogen) atoms. The molecule has 112 valence electrons. The Balaban J connectivity index is 2.19. The Morgan fingerprint density at radius 3 is 2.81 bits per heavy atom. The molecule has 0 bridgehead atoms. The first-order chi connectivity index (χ1) is 10.2. The van der Waals surface area contributed by atoms with E-state index in [1.807, 2.05) is 19.2 Å². The van der Waals surface area contributed by atoms with Crippen molar-refractivity contribution in [1.82, 2.24) is 10.3 Å². The monoisotopic (exact) mass is 348 g/mol. The quantitative estimate of drug-likeness (QED) is 0.816. The van der Waals surface area contributed by atoms with Crippen molar-refractivity contribution in [3.05, 3.63) is 58.3 Å². The fourth-order valence-electron chi connectivity index (χ4n) is 2.33. The highest BCUT2D eigenvalue weighted by molar-refractivity contribution is 9.10. The third-order valence-corrected chi connectivity index (χ3v) is 3.72. The lowest BCUT2D eigenvalue weighted by Crippen LogP contribution is -2.23. The summed E-state index contributed by atoms with van der Waals surface area (Å²) >= 11 is 3.53. The Morgan fingerprint density at radius 2 is 2.10 bits per heavy atom. The number of hydrogen-bond donors (Lipinski definition) is 1. The van der Waals surface area contributed by atoms with Crippen LogP contribution < -0.4 is 10.1 Å². The van der Waals surface area contributed by atoms with Gasteiger partial charge < -0.3 is 10.1 Å². The highest BCUT2D eigenvalue weighted by Gasteiger charge is 2.13. The summed E-state index contributed by atoms with van der Waals surface area (Å²) in [7, 11) is 0. The molecular formula is C17H21BrN2O. The number of pyridine rings is 1. The molecule has 0 fully saturated rings. The smallest absolute Gasteiger partial charge is 0.137 e. The van der Waals surface area contributed by atoms with Crippen molar-refractivity contribution < 1.29 is 4.74 Å². The number of hydrogen-bond acceptors (Lipinski definition) is 3. The molecule has 0 aliphatic carbocycles. The van der Waals surface area contributed by atoms with E-state index in [0.717, 1.165) is 28.8 Å². The van der Waals surface area contributed by atoms with Gasteiger partial charge in [0.25, 0.3) is 0 Å². The van der Waals surface area contributed by atoms with Crippen LogP contribution in [-0.2, 0) is 6.42 Å². The summed E-state index contributed by atoms with van der Waals surface area (Å²) in [5.74, 6) is 0.826. The minimum absolute atomic E-state index is 0.234. The summed E-state index contributed by atoms with van der Waals surface area (Å²) in [4.78, 5) is 4.29. The summed E-state index contributed by atoms with van der Waals surface area (Å²) in [5, 5.41) is 3.53. The predicted octanol–water partition coefficient (Wildman–Crippen LogP) is 4.14. The maximum absolute atomic E-state index is 5.55. The molecule has 1 unspecified atom stereocenters. The van der Waals surface area contributed by atoms with Crippen molar-refractivity contribution in [1.29, 1.82) is 0 Å². The van der Waals surface area contributed by atoms with E-state index >= 15 is 0 Å². The Morgan fingerprint density at radius 1 is 1.24 bits per heavy atom. The van der Waals surface area contributed by atoms with E-state index in [2.05, 4.69) is 57.4 Å². The molecule has 1 aromatic carbocycles. The second kappa shape index (κ2) is 8.15. The Kier molecular flexibility index (Phi) is 6.21. The van der Waals surface area contributed by atoms with Gasteiger partial charge in [0, 0.05) is 16.7 Å². The molecule has 1 aromatic heterocycles. The summed E-state index contributed by atoms with van der Waals surface area (Å²) in [6, 6.07) is 10.7. The number of benzene rings is 1. The van der Waals surface area contributed by atoms with Crippen LogP contribution in [0.1, 0.15) is 31.0 Å². The topological polar surface area (TPSA) is 34.2 Å². The maximum atomic E-state index is 5.55. The molecule has 1 heterocycles. The first-order valence-electron chi connectivity index (χ1n) is 7.28. The van der Waals surface area contributed by atoms with Crippen LogP contribution in [0, 0.1) is 0 Å². The lowest BCUT2D eigenvalue weighted by Gasteiger charge is -2.19. The molecule has 3 nitrogen and oxygen atoms in total. The molecule has 1 N–H and O–H groups in total. The number of rotatable bonds is 7. The van der Waals surface area contributed by atoms with Gasteiger partial charge in [-0.3, -0.25) is 4.98 Å². The lowest BCUT2D eigenvalue weighted by atomic mass is 10.00. The molecule has 0 saturated carbocycles. The lowest BCUT2D eigenvalue weighted by molar-refractivity contribution is 0.338. The molecule has 1 atom stereocenters. The zero-order chi connectivity index (χ0) is 15.1. The van der Waals surface area contributed by atoms with E-state index in [-0.39, 0.29) is 6.04 Å². The second-order valence-electron chi connectivity index (χ2n) is 4.83. The fourth-order valence-corrected chi connectivity index (χ4v) is 2.77. The molecule has 0 spiro atoms. The molecule has 2 rings (SSSR count). The summed E-state index contributed by atoms with van der Waals surface area (Å²) < 4.78 is 6.65. The molecule has 0 aliphatic heterocycles. The van der Waals surface area contributed by atoms with Gasteiger partial charge in [0.2, 0.25) is 0 Å². The van der Waals surface area contributed by atoms with Crippen LogP contribution in [0.3, 0.4) is 0 Å². The molecule has 2 aromatic rings. The van der Waals surface area contributed by atoms with E-state index in [0.29, 0.717) is 6.61 Å². The van der Waals surface area contributed by atoms with Crippen LogP contribution in [-0.4, -0.2) is 18.1 Å². The number of aromatic nitrogens is 1. The highest BCUT2D eigenvalue weighted by Crippen LogP contribution is 2.23. The number of likely N-dealkylation sites (N-methyl/N-ethyl adjacent to an activating group) is 1. The average molecular weight is 349 g/mol. The van der Waals surface area contributed by atoms with Gasteiger partial charge in [-0.15, -0.1) is 0 Å². The van der Waals surface area contributed by atoms with E-state index < -0.39 is 0 Å². The third kappa shape index (κ3) is 4.83. The van der Waals surface area contributed by atoms with Crippen LogP contribution in [0.25, 0.3) is 0 Å². The van der Waals surface area contributed by atoms with E-state index in [1.54, 1.807) is 6.20 Å². The SMILES string of the molecule is CCNC(Cc1cccc(Br)c1)c1cncc(OCC)c1. The van der Waals surface area contributed by atoms with Crippen LogP contribution in [0.2, 0.25) is 0 Å². The van der Waals surface area contributed by atoms with Crippen LogP contribution in [0.5, 0.6) is 5.75 Å². The molecule has 4 heteroatoms. The van der Waals surface area contributed by atoms with Gasteiger partial charge in [-0.2, -0.15) is 0 Å². The normalized spacial score (nSPS) is 12.1. The average Bonchev–Trinajstić information content (AvgIpc) is 2.47. The zero-order valence-electron chi connectivity index (χ0n) is 12.5. The van der Waals surface area contributed by atoms with Gasteiger partial charge in [0.1, 0.15) is 5.75 Å². The van der Waals surface area contributed by atoms with Crippen molar-refractivity contribution in [2.75, 3.05) is 13.2 Å². The van der Waals surface area contributed by atoms with Crippen molar-refractivity contribution in [3.63, 3.8) is 0 Å².